The first kappa shape index (κ1) is 7.73. The smallest absolute Gasteiger partial charge is 0.0142 e. The summed E-state index contributed by atoms with van der Waals surface area (Å²) in [5.74, 6) is 0.457. The lowest BCUT2D eigenvalue weighted by atomic mass is 9.84. The predicted octanol–water partition coefficient (Wildman–Crippen LogP) is 1.41. The Hall–Kier alpha value is -0.370. The molecule has 0 bridgehead atoms. The Balaban J connectivity index is 2.51. The Kier molecular flexibility index (Phi) is 2.44. The van der Waals surface area contributed by atoms with Crippen molar-refractivity contribution in [2.75, 3.05) is 7.05 Å². The average Bonchev–Trinajstić information content (AvgIpc) is 1.95. The Morgan fingerprint density at radius 1 is 1.60 bits per heavy atom. The summed E-state index contributed by atoms with van der Waals surface area (Å²) in [7, 11) is 1.99. The highest BCUT2D eigenvalue weighted by atomic mass is 14.9. The molecule has 1 fully saturated rings. The summed E-state index contributed by atoms with van der Waals surface area (Å²) >= 11 is 0. The largest absolute Gasteiger partial charge is 0.316 e. The minimum absolute atomic E-state index is 0.457. The molecule has 1 rings (SSSR count). The molecule has 0 saturated heterocycles. The molecule has 0 aromatic rings. The van der Waals surface area contributed by atoms with Crippen LogP contribution in [0.25, 0.3) is 0 Å². The standard InChI is InChI=1S/C8H16N2/c1-6-7(9)4-3-5-8(6)10-2/h6,8-10H,3-5H2,1-2H3. The highest BCUT2D eigenvalue weighted by Crippen LogP contribution is 2.20. The molecule has 0 heterocycles. The molecule has 2 atom stereocenters. The van der Waals surface area contributed by atoms with Crippen molar-refractivity contribution in [3.05, 3.63) is 0 Å². The van der Waals surface area contributed by atoms with E-state index < -0.39 is 0 Å². The Morgan fingerprint density at radius 2 is 2.30 bits per heavy atom. The van der Waals surface area contributed by atoms with E-state index in [4.69, 9.17) is 5.41 Å². The van der Waals surface area contributed by atoms with Crippen LogP contribution in [0.15, 0.2) is 0 Å². The summed E-state index contributed by atoms with van der Waals surface area (Å²) in [5.41, 5.74) is 0.922. The van der Waals surface area contributed by atoms with Crippen molar-refractivity contribution in [3.8, 4) is 0 Å². The molecular weight excluding hydrogens is 124 g/mol. The van der Waals surface area contributed by atoms with Crippen LogP contribution in [0.4, 0.5) is 0 Å². The zero-order valence-electron chi connectivity index (χ0n) is 6.78. The van der Waals surface area contributed by atoms with Gasteiger partial charge in [0.2, 0.25) is 0 Å². The predicted molar refractivity (Wildman–Crippen MR) is 43.6 cm³/mol. The van der Waals surface area contributed by atoms with Crippen LogP contribution in [0.3, 0.4) is 0 Å². The number of hydrogen-bond acceptors (Lipinski definition) is 2. The highest BCUT2D eigenvalue weighted by Gasteiger charge is 2.23. The van der Waals surface area contributed by atoms with Gasteiger partial charge >= 0.3 is 0 Å². The van der Waals surface area contributed by atoms with Gasteiger partial charge in [-0.05, 0) is 26.3 Å². The maximum atomic E-state index is 7.59. The van der Waals surface area contributed by atoms with E-state index in [-0.39, 0.29) is 0 Å². The summed E-state index contributed by atoms with van der Waals surface area (Å²) < 4.78 is 0. The summed E-state index contributed by atoms with van der Waals surface area (Å²) in [6.45, 7) is 2.14. The van der Waals surface area contributed by atoms with E-state index in [0.29, 0.717) is 12.0 Å². The minimum atomic E-state index is 0.457. The molecule has 2 heteroatoms. The van der Waals surface area contributed by atoms with E-state index in [2.05, 4.69) is 12.2 Å². The van der Waals surface area contributed by atoms with Crippen molar-refractivity contribution >= 4 is 5.71 Å². The van der Waals surface area contributed by atoms with Gasteiger partial charge in [-0.1, -0.05) is 6.92 Å². The van der Waals surface area contributed by atoms with Gasteiger partial charge in [0.15, 0.2) is 0 Å². The number of hydrogen-bond donors (Lipinski definition) is 2. The van der Waals surface area contributed by atoms with Gasteiger partial charge in [0.1, 0.15) is 0 Å². The van der Waals surface area contributed by atoms with Crippen LogP contribution in [-0.4, -0.2) is 18.8 Å². The van der Waals surface area contributed by atoms with Gasteiger partial charge in [0.05, 0.1) is 0 Å². The molecule has 1 saturated carbocycles. The molecule has 58 valence electrons. The number of rotatable bonds is 1. The molecule has 2 N–H and O–H groups in total. The molecule has 0 aliphatic heterocycles. The second-order valence-electron chi connectivity index (χ2n) is 3.10. The van der Waals surface area contributed by atoms with Gasteiger partial charge in [-0.2, -0.15) is 0 Å². The van der Waals surface area contributed by atoms with Crippen LogP contribution in [0.1, 0.15) is 26.2 Å². The summed E-state index contributed by atoms with van der Waals surface area (Å²) in [6, 6.07) is 0.557. The van der Waals surface area contributed by atoms with E-state index in [1.165, 1.54) is 12.8 Å². The van der Waals surface area contributed by atoms with Crippen LogP contribution < -0.4 is 5.32 Å². The third kappa shape index (κ3) is 1.37. The van der Waals surface area contributed by atoms with Gasteiger partial charge < -0.3 is 10.7 Å². The average molecular weight is 140 g/mol. The zero-order valence-corrected chi connectivity index (χ0v) is 6.78. The molecule has 1 aliphatic rings. The maximum absolute atomic E-state index is 7.59. The van der Waals surface area contributed by atoms with Crippen LogP contribution >= 0.6 is 0 Å². The third-order valence-electron chi connectivity index (χ3n) is 2.49. The molecule has 1 aliphatic carbocycles. The summed E-state index contributed by atoms with van der Waals surface area (Å²) in [6.07, 6.45) is 3.44. The quantitative estimate of drug-likeness (QED) is 0.567. The first-order valence-electron chi connectivity index (χ1n) is 4.00. The van der Waals surface area contributed by atoms with Crippen molar-refractivity contribution in [2.24, 2.45) is 5.92 Å². The van der Waals surface area contributed by atoms with Crippen LogP contribution in [0.2, 0.25) is 0 Å². The van der Waals surface area contributed by atoms with E-state index in [0.717, 1.165) is 12.1 Å². The zero-order chi connectivity index (χ0) is 7.56. The lowest BCUT2D eigenvalue weighted by Crippen LogP contribution is -2.39. The highest BCUT2D eigenvalue weighted by molar-refractivity contribution is 5.84. The summed E-state index contributed by atoms with van der Waals surface area (Å²) in [5, 5.41) is 10.8. The molecule has 0 aromatic heterocycles. The Morgan fingerprint density at radius 3 is 2.80 bits per heavy atom. The molecule has 0 spiro atoms. The molecule has 10 heavy (non-hydrogen) atoms. The van der Waals surface area contributed by atoms with Gasteiger partial charge in [0, 0.05) is 17.7 Å². The fourth-order valence-corrected chi connectivity index (χ4v) is 1.63. The lowest BCUT2D eigenvalue weighted by Gasteiger charge is -2.28. The summed E-state index contributed by atoms with van der Waals surface area (Å²) in [4.78, 5) is 0. The third-order valence-corrected chi connectivity index (χ3v) is 2.49. The second-order valence-corrected chi connectivity index (χ2v) is 3.10. The van der Waals surface area contributed by atoms with Gasteiger partial charge in [0.25, 0.3) is 0 Å². The lowest BCUT2D eigenvalue weighted by molar-refractivity contribution is 0.411. The second kappa shape index (κ2) is 3.15. The monoisotopic (exact) mass is 140 g/mol. The minimum Gasteiger partial charge on any atom is -0.316 e. The maximum Gasteiger partial charge on any atom is 0.0142 e. The number of nitrogens with one attached hydrogen (secondary N) is 2. The molecular formula is C8H16N2. The molecule has 2 unspecified atom stereocenters. The molecule has 0 amide bonds. The fourth-order valence-electron chi connectivity index (χ4n) is 1.63. The SMILES string of the molecule is CNC1CCCC(=N)C1C. The van der Waals surface area contributed by atoms with Crippen molar-refractivity contribution in [1.82, 2.24) is 5.32 Å². The molecule has 2 nitrogen and oxygen atoms in total. The first-order chi connectivity index (χ1) is 4.75. The van der Waals surface area contributed by atoms with Gasteiger partial charge in [-0.3, -0.25) is 0 Å². The normalized spacial score (nSPS) is 34.4. The van der Waals surface area contributed by atoms with Crippen LogP contribution in [-0.2, 0) is 0 Å². The van der Waals surface area contributed by atoms with E-state index in [1.54, 1.807) is 0 Å². The van der Waals surface area contributed by atoms with E-state index in [1.807, 2.05) is 7.05 Å². The van der Waals surface area contributed by atoms with Crippen LogP contribution in [0, 0.1) is 11.3 Å². The van der Waals surface area contributed by atoms with Crippen molar-refractivity contribution in [1.29, 1.82) is 5.41 Å². The molecule has 0 radical (unpaired) electrons. The van der Waals surface area contributed by atoms with Crippen LogP contribution in [0.5, 0.6) is 0 Å². The van der Waals surface area contributed by atoms with E-state index in [9.17, 15) is 0 Å². The Labute approximate surface area is 62.5 Å². The van der Waals surface area contributed by atoms with Gasteiger partial charge in [-0.25, -0.2) is 0 Å². The topological polar surface area (TPSA) is 35.9 Å². The van der Waals surface area contributed by atoms with Gasteiger partial charge in [-0.15, -0.1) is 0 Å². The fraction of sp³-hybridized carbons (Fsp3) is 0.875. The van der Waals surface area contributed by atoms with Crippen molar-refractivity contribution in [3.63, 3.8) is 0 Å². The van der Waals surface area contributed by atoms with E-state index >= 15 is 0 Å². The van der Waals surface area contributed by atoms with Crippen molar-refractivity contribution < 1.29 is 0 Å². The van der Waals surface area contributed by atoms with Crippen molar-refractivity contribution in [2.45, 2.75) is 32.2 Å². The molecule has 0 aromatic carbocycles. The Bertz CT molecular complexity index is 131. The first-order valence-corrected chi connectivity index (χ1v) is 4.00.